The van der Waals surface area contributed by atoms with Crippen LogP contribution in [0.3, 0.4) is 0 Å². The molecule has 0 spiro atoms. The topological polar surface area (TPSA) is 49.4 Å². The van der Waals surface area contributed by atoms with Crippen LogP contribution in [-0.2, 0) is 0 Å². The van der Waals surface area contributed by atoms with Crippen molar-refractivity contribution in [1.82, 2.24) is 0 Å². The molecule has 0 bridgehead atoms. The number of ether oxygens (including phenoxy) is 1. The number of hydrogen-bond donors (Lipinski definition) is 0. The Labute approximate surface area is 111 Å². The largest absolute Gasteiger partial charge is 1.00 e. The van der Waals surface area contributed by atoms with Gasteiger partial charge in [-0.1, -0.05) is 11.6 Å². The first-order chi connectivity index (χ1) is 6.69. The Kier molecular flexibility index (Phi) is 6.32. The first-order valence-electron chi connectivity index (χ1n) is 4.16. The molecule has 74 valence electrons. The van der Waals surface area contributed by atoms with Crippen LogP contribution >= 0.6 is 0 Å². The maximum atomic E-state index is 11.4. The first kappa shape index (κ1) is 14.2. The molecule has 1 rings (SSSR count). The van der Waals surface area contributed by atoms with E-state index in [9.17, 15) is 9.90 Å². The fraction of sp³-hybridized carbons (Fsp3) is 0.182. The van der Waals surface area contributed by atoms with Crippen molar-refractivity contribution in [2.24, 2.45) is 0 Å². The number of methoxy groups -OCH3 is 1. The zero-order valence-electron chi connectivity index (χ0n) is 9.11. The zero-order chi connectivity index (χ0) is 10.6. The monoisotopic (exact) mass is 214 g/mol. The van der Waals surface area contributed by atoms with E-state index in [1.807, 2.05) is 13.0 Å². The Morgan fingerprint density at radius 1 is 1.47 bits per heavy atom. The van der Waals surface area contributed by atoms with Crippen LogP contribution in [0.5, 0.6) is 5.75 Å². The Morgan fingerprint density at radius 3 is 2.67 bits per heavy atom. The second-order valence-electron chi connectivity index (χ2n) is 2.87. The van der Waals surface area contributed by atoms with Gasteiger partial charge >= 0.3 is 29.6 Å². The number of aryl methyl sites for hydroxylation is 1. The Morgan fingerprint density at radius 2 is 2.13 bits per heavy atom. The normalized spacial score (nSPS) is 9.73. The van der Waals surface area contributed by atoms with E-state index in [4.69, 9.17) is 4.74 Å². The molecular weight excluding hydrogens is 203 g/mol. The number of ketones is 1. The molecule has 0 amide bonds. The molecule has 0 saturated heterocycles. The second kappa shape index (κ2) is 6.67. The molecule has 15 heavy (non-hydrogen) atoms. The van der Waals surface area contributed by atoms with E-state index in [0.717, 1.165) is 11.6 Å². The second-order valence-corrected chi connectivity index (χ2v) is 2.87. The predicted molar refractivity (Wildman–Crippen MR) is 51.2 cm³/mol. The summed E-state index contributed by atoms with van der Waals surface area (Å²) in [5.41, 5.74) is 1.37. The van der Waals surface area contributed by atoms with Crippen molar-refractivity contribution in [3.63, 3.8) is 0 Å². The summed E-state index contributed by atoms with van der Waals surface area (Å²) in [6.45, 7) is 1.87. The Hall–Kier alpha value is -0.770. The first-order valence-corrected chi connectivity index (χ1v) is 4.16. The third kappa shape index (κ3) is 3.70. The van der Waals surface area contributed by atoms with Gasteiger partial charge in [0.15, 0.2) is 5.78 Å². The molecule has 0 aromatic heterocycles. The van der Waals surface area contributed by atoms with Gasteiger partial charge in [0.25, 0.3) is 0 Å². The van der Waals surface area contributed by atoms with Crippen molar-refractivity contribution in [2.75, 3.05) is 7.11 Å². The van der Waals surface area contributed by atoms with E-state index in [1.54, 1.807) is 12.1 Å². The summed E-state index contributed by atoms with van der Waals surface area (Å²) in [7, 11) is 1.49. The average Bonchev–Trinajstić information content (AvgIpc) is 2.18. The number of carbonyl (C=O) groups is 1. The molecule has 3 nitrogen and oxygen atoms in total. The molecule has 1 aromatic rings. The molecule has 0 fully saturated rings. The number of allylic oxidation sites excluding steroid dienone is 1. The Bertz CT molecular complexity index is 372. The van der Waals surface area contributed by atoms with Gasteiger partial charge in [-0.2, -0.15) is 0 Å². The van der Waals surface area contributed by atoms with Crippen LogP contribution in [0, 0.1) is 6.92 Å². The molecule has 0 aliphatic heterocycles. The molecular formula is C11H11NaO3. The van der Waals surface area contributed by atoms with Crippen molar-refractivity contribution in [1.29, 1.82) is 0 Å². The van der Waals surface area contributed by atoms with Crippen LogP contribution in [-0.4, -0.2) is 12.9 Å². The quantitative estimate of drug-likeness (QED) is 0.255. The van der Waals surface area contributed by atoms with Gasteiger partial charge in [-0.05, 0) is 25.1 Å². The maximum Gasteiger partial charge on any atom is 1.00 e. The molecule has 0 N–H and O–H groups in total. The maximum absolute atomic E-state index is 11.4. The minimum absolute atomic E-state index is 0. The summed E-state index contributed by atoms with van der Waals surface area (Å²) in [4.78, 5) is 11.4. The third-order valence-electron chi connectivity index (χ3n) is 1.84. The van der Waals surface area contributed by atoms with Crippen LogP contribution in [0.2, 0.25) is 0 Å². The summed E-state index contributed by atoms with van der Waals surface area (Å²) < 4.78 is 5.01. The predicted octanol–water partition coefficient (Wildman–Crippen LogP) is -1.94. The van der Waals surface area contributed by atoms with Crippen molar-refractivity contribution in [2.45, 2.75) is 6.92 Å². The minimum Gasteiger partial charge on any atom is -0.878 e. The van der Waals surface area contributed by atoms with E-state index >= 15 is 0 Å². The van der Waals surface area contributed by atoms with Gasteiger partial charge in [0, 0.05) is 0 Å². The van der Waals surface area contributed by atoms with Crippen LogP contribution in [0.25, 0.3) is 0 Å². The SMILES string of the molecule is COc1ccc(C)cc1C(=O)C=C[O-].[Na+]. The van der Waals surface area contributed by atoms with E-state index in [1.165, 1.54) is 7.11 Å². The molecule has 0 aliphatic rings. The smallest absolute Gasteiger partial charge is 0.878 e. The fourth-order valence-electron chi connectivity index (χ4n) is 1.17. The van der Waals surface area contributed by atoms with Crippen molar-refractivity contribution in [3.05, 3.63) is 41.7 Å². The van der Waals surface area contributed by atoms with Gasteiger partial charge in [0.1, 0.15) is 5.75 Å². The molecule has 0 atom stereocenters. The van der Waals surface area contributed by atoms with Gasteiger partial charge < -0.3 is 9.84 Å². The van der Waals surface area contributed by atoms with E-state index in [-0.39, 0.29) is 35.3 Å². The summed E-state index contributed by atoms with van der Waals surface area (Å²) >= 11 is 0. The van der Waals surface area contributed by atoms with Crippen LogP contribution in [0.15, 0.2) is 30.5 Å². The van der Waals surface area contributed by atoms with E-state index in [2.05, 4.69) is 0 Å². The van der Waals surface area contributed by atoms with Crippen molar-refractivity contribution < 1.29 is 44.2 Å². The number of rotatable bonds is 3. The van der Waals surface area contributed by atoms with Crippen molar-refractivity contribution in [3.8, 4) is 5.75 Å². The molecule has 0 radical (unpaired) electrons. The van der Waals surface area contributed by atoms with Gasteiger partial charge in [-0.3, -0.25) is 4.79 Å². The van der Waals surface area contributed by atoms with Crippen LogP contribution in [0.4, 0.5) is 0 Å². The van der Waals surface area contributed by atoms with Crippen LogP contribution in [0.1, 0.15) is 15.9 Å². The van der Waals surface area contributed by atoms with E-state index in [0.29, 0.717) is 17.6 Å². The van der Waals surface area contributed by atoms with Gasteiger partial charge in [-0.25, -0.2) is 0 Å². The van der Waals surface area contributed by atoms with Gasteiger partial charge in [0.05, 0.1) is 12.7 Å². The molecule has 0 aliphatic carbocycles. The summed E-state index contributed by atoms with van der Waals surface area (Å²) in [6, 6.07) is 5.25. The number of benzene rings is 1. The molecule has 4 heteroatoms. The van der Waals surface area contributed by atoms with Crippen molar-refractivity contribution >= 4 is 5.78 Å². The molecule has 1 aromatic carbocycles. The van der Waals surface area contributed by atoms with E-state index < -0.39 is 0 Å². The summed E-state index contributed by atoms with van der Waals surface area (Å²) in [5, 5.41) is 10.2. The summed E-state index contributed by atoms with van der Waals surface area (Å²) in [5.74, 6) is 0.152. The third-order valence-corrected chi connectivity index (χ3v) is 1.84. The van der Waals surface area contributed by atoms with Gasteiger partial charge in [-0.15, -0.1) is 6.26 Å². The summed E-state index contributed by atoms with van der Waals surface area (Å²) in [6.07, 6.45) is 1.46. The number of hydrogen-bond acceptors (Lipinski definition) is 3. The zero-order valence-corrected chi connectivity index (χ0v) is 11.1. The molecule has 0 heterocycles. The minimum atomic E-state index is -0.333. The fourth-order valence-corrected chi connectivity index (χ4v) is 1.17. The average molecular weight is 214 g/mol. The standard InChI is InChI=1S/C11H12O3.Na/c1-8-3-4-11(14-2)9(7-8)10(13)5-6-12;/h3-7,12H,1-2H3;/q;+1/p-1. The van der Waals surface area contributed by atoms with Crippen LogP contribution < -0.4 is 39.4 Å². The molecule has 0 unspecified atom stereocenters. The number of carbonyl (C=O) groups excluding carboxylic acids is 1. The Balaban J connectivity index is 0.00000196. The van der Waals surface area contributed by atoms with Gasteiger partial charge in [0.2, 0.25) is 0 Å². The molecule has 0 saturated carbocycles.